The maximum Gasteiger partial charge on any atom is 0.254 e. The van der Waals surface area contributed by atoms with E-state index in [1.165, 1.54) is 4.31 Å². The standard InChI is InChI=1S/C25H31N3O5S/c1-18-16-27(17-19(2)33-18)25(30)21-12-10-20(11-13-21)15-26-24(29)23-9-6-14-28(23)34(31,32)22-7-4-3-5-8-22/h3-5,7-8,10-13,18-19,23H,6,9,14-17H2,1-2H3,(H,26,29). The Bertz CT molecular complexity index is 1110. The first-order valence-electron chi connectivity index (χ1n) is 11.6. The third-order valence-corrected chi connectivity index (χ3v) is 8.15. The van der Waals surface area contributed by atoms with E-state index < -0.39 is 16.1 Å². The molecule has 2 heterocycles. The number of sulfonamides is 1. The number of nitrogens with zero attached hydrogens (tertiary/aromatic N) is 2. The number of rotatable bonds is 6. The highest BCUT2D eigenvalue weighted by Crippen LogP contribution is 2.26. The molecule has 8 nitrogen and oxygen atoms in total. The zero-order valence-electron chi connectivity index (χ0n) is 19.5. The van der Waals surface area contributed by atoms with E-state index in [1.807, 2.05) is 26.0 Å². The Kier molecular flexibility index (Phi) is 7.35. The van der Waals surface area contributed by atoms with Crippen LogP contribution in [0.25, 0.3) is 0 Å². The lowest BCUT2D eigenvalue weighted by atomic mass is 10.1. The van der Waals surface area contributed by atoms with Crippen LogP contribution in [0.2, 0.25) is 0 Å². The number of carbonyl (C=O) groups is 2. The second kappa shape index (κ2) is 10.2. The molecule has 2 aromatic carbocycles. The average Bonchev–Trinajstić information content (AvgIpc) is 3.33. The highest BCUT2D eigenvalue weighted by atomic mass is 32.2. The molecule has 0 bridgehead atoms. The minimum Gasteiger partial charge on any atom is -0.372 e. The largest absolute Gasteiger partial charge is 0.372 e. The number of ether oxygens (including phenoxy) is 1. The lowest BCUT2D eigenvalue weighted by Gasteiger charge is -2.35. The van der Waals surface area contributed by atoms with E-state index in [0.29, 0.717) is 38.0 Å². The molecule has 2 saturated heterocycles. The normalized spacial score (nSPS) is 23.6. The topological polar surface area (TPSA) is 96.0 Å². The van der Waals surface area contributed by atoms with E-state index in [4.69, 9.17) is 4.74 Å². The molecule has 0 spiro atoms. The molecule has 2 aliphatic heterocycles. The quantitative estimate of drug-likeness (QED) is 0.678. The molecule has 2 aliphatic rings. The van der Waals surface area contributed by atoms with Crippen molar-refractivity contribution in [1.82, 2.24) is 14.5 Å². The fourth-order valence-corrected chi connectivity index (χ4v) is 6.29. The van der Waals surface area contributed by atoms with E-state index in [2.05, 4.69) is 5.32 Å². The van der Waals surface area contributed by atoms with E-state index >= 15 is 0 Å². The number of morpholine rings is 1. The Labute approximate surface area is 200 Å². The minimum absolute atomic E-state index is 0.00282. The van der Waals surface area contributed by atoms with E-state index in [0.717, 1.165) is 5.56 Å². The number of nitrogens with one attached hydrogen (secondary N) is 1. The fourth-order valence-electron chi connectivity index (χ4n) is 4.62. The van der Waals surface area contributed by atoms with Gasteiger partial charge in [0.15, 0.2) is 0 Å². The smallest absolute Gasteiger partial charge is 0.254 e. The maximum absolute atomic E-state index is 13.0. The molecular formula is C25H31N3O5S. The molecule has 2 amide bonds. The molecule has 4 rings (SSSR count). The van der Waals surface area contributed by atoms with Crippen LogP contribution in [0.15, 0.2) is 59.5 Å². The van der Waals surface area contributed by atoms with Gasteiger partial charge in [-0.25, -0.2) is 8.42 Å². The fraction of sp³-hybridized carbons (Fsp3) is 0.440. The molecule has 0 aliphatic carbocycles. The van der Waals surface area contributed by atoms with Crippen molar-refractivity contribution in [3.8, 4) is 0 Å². The number of amides is 2. The van der Waals surface area contributed by atoms with Crippen LogP contribution in [0.4, 0.5) is 0 Å². The number of hydrogen-bond donors (Lipinski definition) is 1. The molecule has 0 saturated carbocycles. The van der Waals surface area contributed by atoms with Crippen molar-refractivity contribution < 1.29 is 22.7 Å². The van der Waals surface area contributed by atoms with Gasteiger partial charge in [-0.3, -0.25) is 9.59 Å². The van der Waals surface area contributed by atoms with Crippen LogP contribution in [0.3, 0.4) is 0 Å². The Morgan fingerprint density at radius 2 is 1.65 bits per heavy atom. The Hall–Kier alpha value is -2.75. The van der Waals surface area contributed by atoms with Gasteiger partial charge in [-0.1, -0.05) is 30.3 Å². The van der Waals surface area contributed by atoms with Crippen LogP contribution in [-0.2, 0) is 26.1 Å². The van der Waals surface area contributed by atoms with Crippen molar-refractivity contribution in [3.63, 3.8) is 0 Å². The van der Waals surface area contributed by atoms with Gasteiger partial charge in [0.2, 0.25) is 15.9 Å². The molecule has 3 atom stereocenters. The molecule has 1 N–H and O–H groups in total. The molecule has 2 fully saturated rings. The summed E-state index contributed by atoms with van der Waals surface area (Å²) in [7, 11) is -3.73. The van der Waals surface area contributed by atoms with Crippen LogP contribution in [0.5, 0.6) is 0 Å². The van der Waals surface area contributed by atoms with Crippen molar-refractivity contribution >= 4 is 21.8 Å². The molecule has 3 unspecified atom stereocenters. The van der Waals surface area contributed by atoms with Crippen LogP contribution >= 0.6 is 0 Å². The van der Waals surface area contributed by atoms with E-state index in [9.17, 15) is 18.0 Å². The number of hydrogen-bond acceptors (Lipinski definition) is 5. The third kappa shape index (κ3) is 5.32. The SMILES string of the molecule is CC1CN(C(=O)c2ccc(CNC(=O)C3CCCN3S(=O)(=O)c3ccccc3)cc2)CC(C)O1. The van der Waals surface area contributed by atoms with Crippen molar-refractivity contribution in [2.24, 2.45) is 0 Å². The van der Waals surface area contributed by atoms with E-state index in [1.54, 1.807) is 47.4 Å². The summed E-state index contributed by atoms with van der Waals surface area (Å²) in [5, 5.41) is 2.86. The first-order valence-corrected chi connectivity index (χ1v) is 13.1. The summed E-state index contributed by atoms with van der Waals surface area (Å²) in [6.45, 7) is 5.62. The van der Waals surface area contributed by atoms with Crippen LogP contribution in [0.1, 0.15) is 42.6 Å². The summed E-state index contributed by atoms with van der Waals surface area (Å²) in [6.07, 6.45) is 1.13. The molecule has 0 aromatic heterocycles. The van der Waals surface area contributed by atoms with Crippen molar-refractivity contribution in [2.75, 3.05) is 19.6 Å². The highest BCUT2D eigenvalue weighted by Gasteiger charge is 2.39. The van der Waals surface area contributed by atoms with Gasteiger partial charge >= 0.3 is 0 Å². The summed E-state index contributed by atoms with van der Waals surface area (Å²) in [4.78, 5) is 27.7. The molecule has 182 valence electrons. The average molecular weight is 486 g/mol. The predicted octanol–water partition coefficient (Wildman–Crippen LogP) is 2.41. The van der Waals surface area contributed by atoms with Gasteiger partial charge in [-0.15, -0.1) is 0 Å². The lowest BCUT2D eigenvalue weighted by molar-refractivity contribution is -0.124. The molecular weight excluding hydrogens is 454 g/mol. The zero-order valence-corrected chi connectivity index (χ0v) is 20.3. The molecule has 34 heavy (non-hydrogen) atoms. The minimum atomic E-state index is -3.73. The first kappa shape index (κ1) is 24.4. The zero-order chi connectivity index (χ0) is 24.3. The van der Waals surface area contributed by atoms with Crippen LogP contribution in [-0.4, -0.2) is 67.3 Å². The van der Waals surface area contributed by atoms with Crippen LogP contribution < -0.4 is 5.32 Å². The molecule has 0 radical (unpaired) electrons. The maximum atomic E-state index is 13.0. The summed E-state index contributed by atoms with van der Waals surface area (Å²) in [5.41, 5.74) is 1.43. The predicted molar refractivity (Wildman–Crippen MR) is 128 cm³/mol. The summed E-state index contributed by atoms with van der Waals surface area (Å²) in [5.74, 6) is -0.348. The summed E-state index contributed by atoms with van der Waals surface area (Å²) in [6, 6.07) is 14.6. The van der Waals surface area contributed by atoms with E-state index in [-0.39, 0.29) is 35.5 Å². The monoisotopic (exact) mass is 485 g/mol. The lowest BCUT2D eigenvalue weighted by Crippen LogP contribution is -2.48. The van der Waals surface area contributed by atoms with Gasteiger partial charge in [0.25, 0.3) is 5.91 Å². The summed E-state index contributed by atoms with van der Waals surface area (Å²) >= 11 is 0. The second-order valence-electron chi connectivity index (χ2n) is 8.97. The first-order chi connectivity index (χ1) is 16.3. The Morgan fingerprint density at radius 3 is 2.29 bits per heavy atom. The molecule has 2 aromatic rings. The van der Waals surface area contributed by atoms with Crippen molar-refractivity contribution in [2.45, 2.75) is 56.4 Å². The summed E-state index contributed by atoms with van der Waals surface area (Å²) < 4.78 is 33.0. The van der Waals surface area contributed by atoms with Gasteiger partial charge in [0.1, 0.15) is 6.04 Å². The van der Waals surface area contributed by atoms with Crippen molar-refractivity contribution in [3.05, 3.63) is 65.7 Å². The van der Waals surface area contributed by atoms with Gasteiger partial charge in [-0.2, -0.15) is 4.31 Å². The highest BCUT2D eigenvalue weighted by molar-refractivity contribution is 7.89. The Balaban J connectivity index is 1.36. The number of carbonyl (C=O) groups excluding carboxylic acids is 2. The van der Waals surface area contributed by atoms with Gasteiger partial charge in [-0.05, 0) is 56.5 Å². The molecule has 9 heteroatoms. The van der Waals surface area contributed by atoms with Gasteiger partial charge in [0.05, 0.1) is 17.1 Å². The van der Waals surface area contributed by atoms with Gasteiger partial charge in [0, 0.05) is 31.7 Å². The van der Waals surface area contributed by atoms with Crippen LogP contribution in [0, 0.1) is 0 Å². The van der Waals surface area contributed by atoms with Gasteiger partial charge < -0.3 is 15.0 Å². The van der Waals surface area contributed by atoms with Crippen molar-refractivity contribution in [1.29, 1.82) is 0 Å². The third-order valence-electron chi connectivity index (χ3n) is 6.23. The second-order valence-corrected chi connectivity index (χ2v) is 10.9. The number of benzene rings is 2. The Morgan fingerprint density at radius 1 is 1.00 bits per heavy atom.